The highest BCUT2D eigenvalue weighted by atomic mass is 35.5. The number of carboxylic acids is 1. The number of aliphatic carboxylic acids is 1. The van der Waals surface area contributed by atoms with E-state index in [-0.39, 0.29) is 70.9 Å². The van der Waals surface area contributed by atoms with Crippen molar-refractivity contribution in [1.82, 2.24) is 45.0 Å². The van der Waals surface area contributed by atoms with E-state index in [1.807, 2.05) is 4.72 Å². The van der Waals surface area contributed by atoms with Gasteiger partial charge in [0.15, 0.2) is 0 Å². The molecule has 8 aliphatic rings. The zero-order valence-electron chi connectivity index (χ0n) is 59.4. The van der Waals surface area contributed by atoms with Crippen molar-refractivity contribution in [3.8, 4) is 0 Å². The number of carbonyl (C=O) groups excluding carboxylic acids is 9. The molecule has 4 heterocycles. The van der Waals surface area contributed by atoms with E-state index in [0.717, 1.165) is 9.80 Å². The monoisotopic (exact) mass is 1540 g/mol. The van der Waals surface area contributed by atoms with E-state index in [2.05, 4.69) is 16.0 Å². The first-order chi connectivity index (χ1) is 47.4. The molecule has 4 saturated carbocycles. The van der Waals surface area contributed by atoms with Gasteiger partial charge in [0.1, 0.15) is 70.3 Å². The molecule has 0 spiro atoms. The lowest BCUT2D eigenvalue weighted by Gasteiger charge is -2.36. The molecule has 4 aliphatic heterocycles. The van der Waals surface area contributed by atoms with Crippen LogP contribution in [0.2, 0.25) is 0 Å². The number of halogens is 7. The normalized spacial score (nSPS) is 24.7. The maximum Gasteiger partial charge on any atom is 0.410 e. The van der Waals surface area contributed by atoms with Crippen LogP contribution in [0.25, 0.3) is 0 Å². The van der Waals surface area contributed by atoms with Crippen LogP contribution in [0.4, 0.5) is 45.5 Å². The quantitative estimate of drug-likeness (QED) is 0.0684. The van der Waals surface area contributed by atoms with Crippen LogP contribution in [0, 0.1) is 34.3 Å². The molecule has 10 atom stereocenters. The van der Waals surface area contributed by atoms with Crippen LogP contribution in [0.5, 0.6) is 0 Å². The van der Waals surface area contributed by atoms with Crippen molar-refractivity contribution in [2.75, 3.05) is 13.1 Å². The van der Waals surface area contributed by atoms with E-state index in [9.17, 15) is 96.2 Å². The number of rotatable bonds is 17. The Balaban J connectivity index is 0.000000246. The van der Waals surface area contributed by atoms with Crippen molar-refractivity contribution in [2.24, 2.45) is 28.4 Å². The minimum Gasteiger partial charge on any atom is -0.480 e. The van der Waals surface area contributed by atoms with Crippen LogP contribution in [0.15, 0.2) is 36.4 Å². The van der Waals surface area contributed by atoms with Gasteiger partial charge in [0.2, 0.25) is 50.6 Å². The van der Waals surface area contributed by atoms with Crippen LogP contribution >= 0.6 is 12.4 Å². The average molecular weight is 1540 g/mol. The van der Waals surface area contributed by atoms with E-state index in [0.29, 0.717) is 47.9 Å². The maximum absolute atomic E-state index is 14.4. The number of nitrogens with one attached hydrogen (secondary N) is 5. The molecule has 8 N–H and O–H groups in total. The van der Waals surface area contributed by atoms with Gasteiger partial charge in [0, 0.05) is 43.0 Å². The number of hydrogen-bond acceptors (Lipinski definition) is 19. The molecule has 9 amide bonds. The topological polar surface area (TPSA) is 395 Å². The molecule has 2 aromatic rings. The van der Waals surface area contributed by atoms with Gasteiger partial charge in [-0.1, -0.05) is 65.8 Å². The first kappa shape index (κ1) is 83.3. The molecule has 0 unspecified atom stereocenters. The summed E-state index contributed by atoms with van der Waals surface area (Å²) >= 11 is 0. The Hall–Kier alpha value is -7.93. The largest absolute Gasteiger partial charge is 0.480 e. The van der Waals surface area contributed by atoms with Crippen LogP contribution in [-0.4, -0.2) is 197 Å². The van der Waals surface area contributed by atoms with Gasteiger partial charge in [-0.25, -0.2) is 67.2 Å². The number of alkyl halides is 4. The zero-order valence-corrected chi connectivity index (χ0v) is 61.9. The highest BCUT2D eigenvalue weighted by Gasteiger charge is 2.67. The third kappa shape index (κ3) is 20.2. The summed E-state index contributed by atoms with van der Waals surface area (Å²) in [7, 11) is -7.86. The summed E-state index contributed by atoms with van der Waals surface area (Å²) < 4.78 is 154. The Kier molecular flexibility index (Phi) is 24.7. The number of carboxylic acid groups (broad SMARTS) is 1. The van der Waals surface area contributed by atoms with E-state index in [1.54, 1.807) is 106 Å². The van der Waals surface area contributed by atoms with Crippen LogP contribution < -0.4 is 31.1 Å². The molecule has 6 fully saturated rings. The Morgan fingerprint density at radius 2 is 0.952 bits per heavy atom. The predicted octanol–water partition coefficient (Wildman–Crippen LogP) is 6.21. The Bertz CT molecular complexity index is 3910. The number of ether oxygens (including phenoxy) is 4. The van der Waals surface area contributed by atoms with Crippen molar-refractivity contribution >= 4 is 92.3 Å². The third-order valence-corrected chi connectivity index (χ3v) is 22.0. The number of carbonyl (C=O) groups is 10. The number of nitrogens with two attached hydrogens (primary N) is 1. The SMILES string of the molecule is CC(C)(C)OC(=O)N[C@H](C(=O)N1C[C@H](OC(=O)N2Cc3cccc(F)c3C2)C[C@H]1C(=O)N[C@]1(C(=O)NS(=O)(=O)C2CC2)C[C@H]1C(F)F)C(C)(C)C.CC(C)(C)OC(=O)N[C@H](C(=O)N1C[C@H](OC(=O)N2Cc3cccc(F)c3C2)C[C@H]1C(=O)O)C(C)(C)C.Cl.N[C@]1(C(=O)NS(=O)(=O)C2CC2)C[C@H]1C(F)F. The Morgan fingerprint density at radius 3 is 1.29 bits per heavy atom. The molecule has 0 radical (unpaired) electrons. The van der Waals surface area contributed by atoms with Crippen molar-refractivity contribution in [3.63, 3.8) is 0 Å². The number of alkyl carbamates (subject to hydrolysis) is 2. The second kappa shape index (κ2) is 30.9. The predicted molar refractivity (Wildman–Crippen MR) is 358 cm³/mol. The van der Waals surface area contributed by atoms with Gasteiger partial charge in [-0.3, -0.25) is 43.2 Å². The molecule has 2 aromatic carbocycles. The minimum atomic E-state index is -4.16. The summed E-state index contributed by atoms with van der Waals surface area (Å²) in [6.07, 6.45) is -10.7. The molecule has 0 bridgehead atoms. The number of hydrogen-bond donors (Lipinski definition) is 7. The van der Waals surface area contributed by atoms with Gasteiger partial charge in [0.05, 0.1) is 42.6 Å². The smallest absolute Gasteiger partial charge is 0.410 e. The van der Waals surface area contributed by atoms with Gasteiger partial charge >= 0.3 is 30.3 Å². The fourth-order valence-corrected chi connectivity index (χ4v) is 15.0. The maximum atomic E-state index is 14.4. The molecule has 2 saturated heterocycles. The van der Waals surface area contributed by atoms with Gasteiger partial charge < -0.3 is 55.5 Å². The summed E-state index contributed by atoms with van der Waals surface area (Å²) in [6, 6.07) is 3.93. The first-order valence-electron chi connectivity index (χ1n) is 33.4. The summed E-state index contributed by atoms with van der Waals surface area (Å²) in [4.78, 5) is 134. The Labute approximate surface area is 604 Å². The summed E-state index contributed by atoms with van der Waals surface area (Å²) in [5.74, 6) is -9.88. The molecule has 580 valence electrons. The standard InChI is InChI=1S/C33H44F3N5O9S.C25H34FN3O7.C8H12F2N2O3S.ClH/c1-31(2,3)24(37-29(45)50-32(4,5)6)27(43)41-15-18(49-30(46)40-14-17-8-7-9-22(34)20(17)16-40)12-23(41)26(42)38-33(13-21(33)25(35)36)28(44)39-51(47,48)19-10-11-19;1-24(2,3)19(27-22(33)36-25(4,5)6)20(30)29-12-15(10-18(29)21(31)32)35-23(34)28-11-14-8-7-9-17(26)16(14)13-28;9-6(10)5-3-8(5,11)7(13)12-16(14,15)4-1-2-4;/h7-9,18-19,21,23-25H,10-16H2,1-6H3,(H,37,45)(H,38,42)(H,39,44);7-9,15,18-19H,10-13H2,1-6H3,(H,27,33)(H,31,32);4-6H,1-3,11H2,(H,12,13);1H/t18-,21+,23+,24-,33-;15-,18+,19-;5-,8+;/m110./s1. The lowest BCUT2D eigenvalue weighted by molar-refractivity contribution is -0.150. The van der Waals surface area contributed by atoms with Crippen molar-refractivity contribution in [3.05, 3.63) is 70.3 Å². The van der Waals surface area contributed by atoms with Gasteiger partial charge in [-0.2, -0.15) is 0 Å². The lowest BCUT2D eigenvalue weighted by Crippen LogP contribution is -2.60. The molecule has 4 aliphatic carbocycles. The average Bonchev–Trinajstić information content (AvgIpc) is 1.57. The number of likely N-dealkylation sites (tertiary alicyclic amines) is 2. The molecule has 104 heavy (non-hydrogen) atoms. The summed E-state index contributed by atoms with van der Waals surface area (Å²) in [5, 5.41) is 15.8. The number of nitrogens with zero attached hydrogens (tertiary/aromatic N) is 4. The highest BCUT2D eigenvalue weighted by Crippen LogP contribution is 2.49. The van der Waals surface area contributed by atoms with Crippen molar-refractivity contribution < 1.29 is 115 Å². The molecule has 38 heteroatoms. The molecule has 0 aromatic heterocycles. The van der Waals surface area contributed by atoms with Crippen LogP contribution in [0.1, 0.15) is 157 Å². The van der Waals surface area contributed by atoms with Crippen LogP contribution in [0.3, 0.4) is 0 Å². The summed E-state index contributed by atoms with van der Waals surface area (Å²) in [5.41, 5.74) is -0.0226. The van der Waals surface area contributed by atoms with E-state index >= 15 is 0 Å². The van der Waals surface area contributed by atoms with E-state index in [1.165, 1.54) is 28.0 Å². The molecular weight excluding hydrogens is 1450 g/mol. The number of sulfonamides is 2. The molecule has 29 nitrogen and oxygen atoms in total. The number of amides is 9. The van der Waals surface area contributed by atoms with Gasteiger partial charge in [-0.05, 0) is 114 Å². The van der Waals surface area contributed by atoms with E-state index < -0.39 is 203 Å². The second-order valence-electron chi connectivity index (χ2n) is 31.3. The number of benzene rings is 2. The fraction of sp³-hybridized carbons (Fsp3) is 0.667. The van der Waals surface area contributed by atoms with Crippen molar-refractivity contribution in [2.45, 2.75) is 243 Å². The van der Waals surface area contributed by atoms with Crippen molar-refractivity contribution in [1.29, 1.82) is 0 Å². The van der Waals surface area contributed by atoms with Gasteiger partial charge in [-0.15, -0.1) is 12.4 Å². The van der Waals surface area contributed by atoms with E-state index in [4.69, 9.17) is 24.7 Å². The lowest BCUT2D eigenvalue weighted by atomic mass is 9.85. The van der Waals surface area contributed by atoms with Crippen LogP contribution in [-0.2, 0) is 93.9 Å². The molecular formula is C66H91ClF6N10O19S2. The third-order valence-electron chi connectivity index (χ3n) is 18.4. The second-order valence-corrected chi connectivity index (χ2v) is 35.3. The summed E-state index contributed by atoms with van der Waals surface area (Å²) in [6.45, 7) is 19.8. The fourth-order valence-electron chi connectivity index (χ4n) is 12.3. The molecule has 10 rings (SSSR count). The highest BCUT2D eigenvalue weighted by molar-refractivity contribution is 7.91. The Morgan fingerprint density at radius 1 is 0.567 bits per heavy atom. The minimum absolute atomic E-state index is 0. The zero-order chi connectivity index (χ0) is 77.0. The number of fused-ring (bicyclic) bond motifs is 2. The first-order valence-corrected chi connectivity index (χ1v) is 36.5. The van der Waals surface area contributed by atoms with Gasteiger partial charge in [0.25, 0.3) is 11.8 Å².